The van der Waals surface area contributed by atoms with Crippen LogP contribution < -0.4 is 16.0 Å². The van der Waals surface area contributed by atoms with Gasteiger partial charge in [-0.15, -0.1) is 0 Å². The van der Waals surface area contributed by atoms with E-state index in [9.17, 15) is 9.59 Å². The van der Waals surface area contributed by atoms with Crippen LogP contribution in [0.15, 0.2) is 67.0 Å². The first kappa shape index (κ1) is 26.6. The van der Waals surface area contributed by atoms with Crippen LogP contribution in [0, 0.1) is 6.92 Å². The third kappa shape index (κ3) is 6.35. The number of pyridine rings is 1. The lowest BCUT2D eigenvalue weighted by atomic mass is 10.0. The number of hydrogen-bond donors (Lipinski definition) is 4. The maximum absolute atomic E-state index is 13.4. The molecule has 0 unspecified atom stereocenters. The highest BCUT2D eigenvalue weighted by atomic mass is 35.5. The molecule has 2 aromatic carbocycles. The van der Waals surface area contributed by atoms with Crippen molar-refractivity contribution in [2.75, 3.05) is 11.9 Å². The molecule has 5 rings (SSSR count). The number of carbonyl (C=O) groups excluding carboxylic acids is 2. The largest absolute Gasteiger partial charge is 0.346 e. The van der Waals surface area contributed by atoms with E-state index < -0.39 is 0 Å². The first-order chi connectivity index (χ1) is 18.9. The predicted octanol–water partition coefficient (Wildman–Crippen LogP) is 5.67. The predicted molar refractivity (Wildman–Crippen MR) is 154 cm³/mol. The first-order valence-corrected chi connectivity index (χ1v) is 13.5. The normalized spacial score (nSPS) is 15.9. The third-order valence-corrected chi connectivity index (χ3v) is 7.22. The highest BCUT2D eigenvalue weighted by molar-refractivity contribution is 6.30. The first-order valence-electron chi connectivity index (χ1n) is 13.1. The van der Waals surface area contributed by atoms with Gasteiger partial charge >= 0.3 is 0 Å². The van der Waals surface area contributed by atoms with Crippen molar-refractivity contribution in [2.45, 2.75) is 45.2 Å². The lowest BCUT2D eigenvalue weighted by Crippen LogP contribution is -2.43. The molecule has 200 valence electrons. The summed E-state index contributed by atoms with van der Waals surface area (Å²) in [6.07, 6.45) is 6.41. The Bertz CT molecular complexity index is 1480. The van der Waals surface area contributed by atoms with Crippen molar-refractivity contribution in [3.05, 3.63) is 88.7 Å². The van der Waals surface area contributed by atoms with Crippen LogP contribution in [-0.4, -0.2) is 39.6 Å². The van der Waals surface area contributed by atoms with Crippen LogP contribution in [0.4, 0.5) is 5.69 Å². The number of halogens is 1. The van der Waals surface area contributed by atoms with Crippen LogP contribution in [0.1, 0.15) is 53.7 Å². The minimum absolute atomic E-state index is 0.0737. The number of piperidine rings is 1. The Kier molecular flexibility index (Phi) is 8.05. The van der Waals surface area contributed by atoms with Gasteiger partial charge in [-0.2, -0.15) is 5.10 Å². The van der Waals surface area contributed by atoms with Gasteiger partial charge in [0.05, 0.1) is 29.7 Å². The van der Waals surface area contributed by atoms with E-state index in [1.807, 2.05) is 62.4 Å². The molecule has 0 spiro atoms. The number of aromatic amines is 1. The number of aryl methyl sites for hydroxylation is 1. The van der Waals surface area contributed by atoms with Crippen LogP contribution in [0.3, 0.4) is 0 Å². The van der Waals surface area contributed by atoms with E-state index in [2.05, 4.69) is 26.1 Å². The molecule has 2 amide bonds. The van der Waals surface area contributed by atoms with Gasteiger partial charge in [-0.3, -0.25) is 14.7 Å². The second kappa shape index (κ2) is 11.8. The molecule has 9 heteroatoms. The molecular formula is C30H31ClN6O2. The Balaban J connectivity index is 1.38. The molecule has 2 atom stereocenters. The summed E-state index contributed by atoms with van der Waals surface area (Å²) in [5.74, 6) is -0.298. The minimum Gasteiger partial charge on any atom is -0.346 e. The molecular weight excluding hydrogens is 512 g/mol. The lowest BCUT2D eigenvalue weighted by molar-refractivity contribution is -0.118. The molecule has 4 N–H and O–H groups in total. The zero-order valence-corrected chi connectivity index (χ0v) is 22.7. The number of H-pyrrole nitrogens is 1. The Morgan fingerprint density at radius 2 is 1.87 bits per heavy atom. The van der Waals surface area contributed by atoms with Crippen molar-refractivity contribution in [2.24, 2.45) is 0 Å². The summed E-state index contributed by atoms with van der Waals surface area (Å²) in [6, 6.07) is 16.3. The fraction of sp³-hybridized carbons (Fsp3) is 0.267. The van der Waals surface area contributed by atoms with Gasteiger partial charge in [0.25, 0.3) is 5.91 Å². The number of hydrogen-bond acceptors (Lipinski definition) is 5. The standard InChI is InChI=1S/C30H31ClN6O2/c1-18-9-10-24(36-30(39)26-8-3-4-11-32-26)15-25(18)29(38)35-19(2)21-13-27(20-6-5-7-23(31)12-20)37-28(14-21)22-16-33-34-17-22/h5-7,9-10,12-17,19,26,32H,3-4,8,11H2,1-2H3,(H,33,34)(H,35,38)(H,36,39)/t19-,26-/m1/s1. The van der Waals surface area contributed by atoms with E-state index in [1.165, 1.54) is 0 Å². The zero-order chi connectivity index (χ0) is 27.4. The number of nitrogens with one attached hydrogen (secondary N) is 4. The Morgan fingerprint density at radius 3 is 2.59 bits per heavy atom. The molecule has 1 aliphatic heterocycles. The minimum atomic E-state index is -0.326. The quantitative estimate of drug-likeness (QED) is 0.240. The van der Waals surface area contributed by atoms with Gasteiger partial charge < -0.3 is 16.0 Å². The summed E-state index contributed by atoms with van der Waals surface area (Å²) < 4.78 is 0. The van der Waals surface area contributed by atoms with Gasteiger partial charge in [-0.25, -0.2) is 4.98 Å². The van der Waals surface area contributed by atoms with E-state index >= 15 is 0 Å². The highest BCUT2D eigenvalue weighted by Gasteiger charge is 2.22. The van der Waals surface area contributed by atoms with Crippen molar-refractivity contribution < 1.29 is 9.59 Å². The fourth-order valence-electron chi connectivity index (χ4n) is 4.74. The number of nitrogens with zero attached hydrogens (tertiary/aromatic N) is 2. The molecule has 2 aromatic heterocycles. The second-order valence-corrected chi connectivity index (χ2v) is 10.3. The van der Waals surface area contributed by atoms with Crippen LogP contribution in [0.5, 0.6) is 0 Å². The summed E-state index contributed by atoms with van der Waals surface area (Å²) in [5.41, 5.74) is 6.00. The summed E-state index contributed by atoms with van der Waals surface area (Å²) in [6.45, 7) is 4.66. The lowest BCUT2D eigenvalue weighted by Gasteiger charge is -2.23. The van der Waals surface area contributed by atoms with E-state index in [0.717, 1.165) is 59.4 Å². The van der Waals surface area contributed by atoms with Gasteiger partial charge in [0.1, 0.15) is 0 Å². The third-order valence-electron chi connectivity index (χ3n) is 6.99. The number of amides is 2. The van der Waals surface area contributed by atoms with Crippen molar-refractivity contribution >= 4 is 29.1 Å². The highest BCUT2D eigenvalue weighted by Crippen LogP contribution is 2.29. The molecule has 8 nitrogen and oxygen atoms in total. The monoisotopic (exact) mass is 542 g/mol. The SMILES string of the molecule is Cc1ccc(NC(=O)[C@H]2CCCCN2)cc1C(=O)N[C@H](C)c1cc(-c2cn[nH]c2)nc(-c2cccc(Cl)c2)c1. The van der Waals surface area contributed by atoms with Gasteiger partial charge in [0.15, 0.2) is 0 Å². The number of carbonyl (C=O) groups is 2. The molecule has 4 aromatic rings. The molecule has 0 bridgehead atoms. The van der Waals surface area contributed by atoms with E-state index in [-0.39, 0.29) is 23.9 Å². The van der Waals surface area contributed by atoms with Gasteiger partial charge in [-0.1, -0.05) is 36.2 Å². The van der Waals surface area contributed by atoms with Crippen LogP contribution in [-0.2, 0) is 4.79 Å². The summed E-state index contributed by atoms with van der Waals surface area (Å²) in [4.78, 5) is 30.9. The molecule has 1 saturated heterocycles. The van der Waals surface area contributed by atoms with Crippen molar-refractivity contribution in [1.82, 2.24) is 25.8 Å². The smallest absolute Gasteiger partial charge is 0.252 e. The van der Waals surface area contributed by atoms with Gasteiger partial charge in [0, 0.05) is 33.6 Å². The summed E-state index contributed by atoms with van der Waals surface area (Å²) in [7, 11) is 0. The van der Waals surface area contributed by atoms with Crippen LogP contribution >= 0.6 is 11.6 Å². The van der Waals surface area contributed by atoms with E-state index in [0.29, 0.717) is 16.3 Å². The second-order valence-electron chi connectivity index (χ2n) is 9.88. The molecule has 1 fully saturated rings. The van der Waals surface area contributed by atoms with Crippen molar-refractivity contribution in [1.29, 1.82) is 0 Å². The Labute approximate surface area is 232 Å². The molecule has 39 heavy (non-hydrogen) atoms. The van der Waals surface area contributed by atoms with Crippen LogP contribution in [0.25, 0.3) is 22.5 Å². The molecule has 0 radical (unpaired) electrons. The molecule has 0 aliphatic carbocycles. The topological polar surface area (TPSA) is 112 Å². The van der Waals surface area contributed by atoms with E-state index in [1.54, 1.807) is 18.5 Å². The molecule has 1 aliphatic rings. The molecule has 3 heterocycles. The van der Waals surface area contributed by atoms with Gasteiger partial charge in [0.2, 0.25) is 5.91 Å². The van der Waals surface area contributed by atoms with Crippen molar-refractivity contribution in [3.63, 3.8) is 0 Å². The summed E-state index contributed by atoms with van der Waals surface area (Å²) in [5, 5.41) is 16.8. The maximum atomic E-state index is 13.4. The summed E-state index contributed by atoms with van der Waals surface area (Å²) >= 11 is 6.25. The Hall–Kier alpha value is -4.01. The fourth-order valence-corrected chi connectivity index (χ4v) is 4.93. The van der Waals surface area contributed by atoms with E-state index in [4.69, 9.17) is 16.6 Å². The zero-order valence-electron chi connectivity index (χ0n) is 21.9. The number of benzene rings is 2. The number of anilines is 1. The number of rotatable bonds is 7. The average Bonchev–Trinajstić information content (AvgIpc) is 3.49. The van der Waals surface area contributed by atoms with Crippen molar-refractivity contribution in [3.8, 4) is 22.5 Å². The Morgan fingerprint density at radius 1 is 1.05 bits per heavy atom. The van der Waals surface area contributed by atoms with Crippen LogP contribution in [0.2, 0.25) is 5.02 Å². The van der Waals surface area contributed by atoms with Gasteiger partial charge in [-0.05, 0) is 80.8 Å². The molecule has 0 saturated carbocycles. The number of aromatic nitrogens is 3. The average molecular weight is 543 g/mol. The maximum Gasteiger partial charge on any atom is 0.252 e.